The van der Waals surface area contributed by atoms with Crippen LogP contribution in [0.2, 0.25) is 0 Å². The van der Waals surface area contributed by atoms with E-state index in [4.69, 9.17) is 0 Å². The molecule has 24 heavy (non-hydrogen) atoms. The lowest BCUT2D eigenvalue weighted by Crippen LogP contribution is -2.45. The van der Waals surface area contributed by atoms with Gasteiger partial charge in [-0.05, 0) is 17.7 Å². The molecule has 0 aliphatic carbocycles. The van der Waals surface area contributed by atoms with Gasteiger partial charge >= 0.3 is 0 Å². The molecule has 2 aromatic rings. The van der Waals surface area contributed by atoms with E-state index in [1.165, 1.54) is 35.2 Å². The van der Waals surface area contributed by atoms with Crippen LogP contribution in [0.4, 0.5) is 5.69 Å². The average molecular weight is 347 g/mol. The van der Waals surface area contributed by atoms with Crippen LogP contribution in [-0.2, 0) is 16.1 Å². The molecule has 10 heteroatoms. The van der Waals surface area contributed by atoms with E-state index in [1.54, 1.807) is 29.1 Å². The van der Waals surface area contributed by atoms with Gasteiger partial charge in [-0.25, -0.2) is 9.99 Å². The second-order valence-corrected chi connectivity index (χ2v) is 6.11. The van der Waals surface area contributed by atoms with Gasteiger partial charge in [0, 0.05) is 24.5 Å². The molecule has 124 valence electrons. The zero-order valence-electron chi connectivity index (χ0n) is 12.4. The van der Waals surface area contributed by atoms with Crippen LogP contribution in [0.25, 0.3) is 0 Å². The van der Waals surface area contributed by atoms with Gasteiger partial charge in [0.15, 0.2) is 0 Å². The van der Waals surface area contributed by atoms with Crippen molar-refractivity contribution < 1.29 is 14.5 Å². The van der Waals surface area contributed by atoms with Crippen LogP contribution in [-0.4, -0.2) is 37.1 Å². The minimum absolute atomic E-state index is 0.0243. The highest BCUT2D eigenvalue weighted by atomic mass is 32.2. The summed E-state index contributed by atoms with van der Waals surface area (Å²) in [4.78, 5) is 38.2. The maximum absolute atomic E-state index is 12.1. The van der Waals surface area contributed by atoms with Crippen LogP contribution in [0.5, 0.6) is 0 Å². The van der Waals surface area contributed by atoms with E-state index in [9.17, 15) is 19.7 Å². The zero-order chi connectivity index (χ0) is 17.1. The van der Waals surface area contributed by atoms with Crippen molar-refractivity contribution in [1.82, 2.24) is 20.0 Å². The first-order chi connectivity index (χ1) is 11.5. The van der Waals surface area contributed by atoms with Crippen molar-refractivity contribution in [2.75, 3.05) is 5.75 Å². The molecule has 2 heterocycles. The highest BCUT2D eigenvalue weighted by Gasteiger charge is 2.34. The largest absolute Gasteiger partial charge is 0.328 e. The minimum atomic E-state index is -0.485. The summed E-state index contributed by atoms with van der Waals surface area (Å²) >= 11 is 1.35. The number of hydrogen-bond donors (Lipinski definition) is 1. The standard InChI is InChI=1S/C14H13N5O4S/c20-12(7-17-6-5-15-9-17)16-18-13(21)8-24-14(18)10-1-3-11(4-2-10)19(22)23/h1-6,9,14H,7-8H2,(H,16,20). The Bertz CT molecular complexity index is 762. The van der Waals surface area contributed by atoms with Crippen molar-refractivity contribution in [3.05, 3.63) is 58.7 Å². The predicted molar refractivity (Wildman–Crippen MR) is 85.5 cm³/mol. The number of hydrogen-bond acceptors (Lipinski definition) is 6. The molecule has 1 aromatic heterocycles. The molecule has 0 bridgehead atoms. The lowest BCUT2D eigenvalue weighted by molar-refractivity contribution is -0.384. The number of benzene rings is 1. The fraction of sp³-hybridized carbons (Fsp3) is 0.214. The highest BCUT2D eigenvalue weighted by Crippen LogP contribution is 2.37. The van der Waals surface area contributed by atoms with Gasteiger partial charge in [0.05, 0.1) is 17.0 Å². The van der Waals surface area contributed by atoms with Gasteiger partial charge in [-0.2, -0.15) is 0 Å². The number of nitro groups is 1. The molecule has 1 N–H and O–H groups in total. The van der Waals surface area contributed by atoms with Crippen molar-refractivity contribution >= 4 is 29.3 Å². The molecule has 1 aromatic carbocycles. The highest BCUT2D eigenvalue weighted by molar-refractivity contribution is 8.00. The molecule has 3 rings (SSSR count). The molecule has 1 unspecified atom stereocenters. The van der Waals surface area contributed by atoms with Gasteiger partial charge in [-0.15, -0.1) is 11.8 Å². The van der Waals surface area contributed by atoms with Crippen LogP contribution in [0.1, 0.15) is 10.9 Å². The van der Waals surface area contributed by atoms with Crippen LogP contribution in [0, 0.1) is 10.1 Å². The number of aromatic nitrogens is 2. The normalized spacial score (nSPS) is 17.1. The second kappa shape index (κ2) is 6.71. The van der Waals surface area contributed by atoms with Gasteiger partial charge in [0.25, 0.3) is 17.5 Å². The number of carbonyl (C=O) groups is 2. The van der Waals surface area contributed by atoms with Crippen LogP contribution >= 0.6 is 11.8 Å². The third-order valence-electron chi connectivity index (χ3n) is 3.39. The van der Waals surface area contributed by atoms with Crippen molar-refractivity contribution in [2.24, 2.45) is 0 Å². The number of rotatable bonds is 5. The number of non-ortho nitro benzene ring substituents is 1. The Morgan fingerprint density at radius 1 is 1.42 bits per heavy atom. The van der Waals surface area contributed by atoms with E-state index in [0.29, 0.717) is 5.56 Å². The number of nitrogens with one attached hydrogen (secondary N) is 1. The summed E-state index contributed by atoms with van der Waals surface area (Å²) < 4.78 is 1.59. The third kappa shape index (κ3) is 3.38. The summed E-state index contributed by atoms with van der Waals surface area (Å²) in [6.45, 7) is 0.0431. The molecular weight excluding hydrogens is 334 g/mol. The lowest BCUT2D eigenvalue weighted by atomic mass is 10.2. The number of carbonyl (C=O) groups excluding carboxylic acids is 2. The summed E-state index contributed by atoms with van der Waals surface area (Å²) in [5.41, 5.74) is 3.28. The Morgan fingerprint density at radius 3 is 2.79 bits per heavy atom. The zero-order valence-corrected chi connectivity index (χ0v) is 13.2. The van der Waals surface area contributed by atoms with Crippen molar-refractivity contribution in [2.45, 2.75) is 11.9 Å². The number of nitrogens with zero attached hydrogens (tertiary/aromatic N) is 4. The van der Waals surface area contributed by atoms with Gasteiger partial charge in [-0.1, -0.05) is 0 Å². The Hall–Kier alpha value is -2.88. The Kier molecular flexibility index (Phi) is 4.47. The van der Waals surface area contributed by atoms with E-state index in [0.717, 1.165) is 0 Å². The molecule has 1 fully saturated rings. The molecule has 0 spiro atoms. The fourth-order valence-corrected chi connectivity index (χ4v) is 3.38. The van der Waals surface area contributed by atoms with Gasteiger partial charge in [-0.3, -0.25) is 25.1 Å². The van der Waals surface area contributed by atoms with Gasteiger partial charge in [0.1, 0.15) is 11.9 Å². The smallest absolute Gasteiger partial charge is 0.269 e. The van der Waals surface area contributed by atoms with Crippen molar-refractivity contribution in [3.8, 4) is 0 Å². The topological polar surface area (TPSA) is 110 Å². The quantitative estimate of drug-likeness (QED) is 0.640. The van der Waals surface area contributed by atoms with E-state index in [1.807, 2.05) is 0 Å². The maximum Gasteiger partial charge on any atom is 0.269 e. The Labute approximate surface area is 140 Å². The third-order valence-corrected chi connectivity index (χ3v) is 4.60. The van der Waals surface area contributed by atoms with Crippen LogP contribution in [0.15, 0.2) is 43.0 Å². The van der Waals surface area contributed by atoms with Crippen LogP contribution < -0.4 is 5.43 Å². The molecule has 1 atom stereocenters. The summed E-state index contributed by atoms with van der Waals surface area (Å²) in [7, 11) is 0. The first-order valence-corrected chi connectivity index (χ1v) is 8.03. The molecule has 1 aliphatic heterocycles. The molecule has 1 aliphatic rings. The number of imidazole rings is 1. The van der Waals surface area contributed by atoms with E-state index < -0.39 is 10.3 Å². The SMILES string of the molecule is O=C(Cn1ccnc1)NN1C(=O)CSC1c1ccc([N+](=O)[O-])cc1. The summed E-state index contributed by atoms with van der Waals surface area (Å²) in [6.07, 6.45) is 4.71. The van der Waals surface area contributed by atoms with E-state index in [-0.39, 0.29) is 29.8 Å². The summed E-state index contributed by atoms with van der Waals surface area (Å²) in [5, 5.41) is 11.6. The number of thioether (sulfide) groups is 1. The molecule has 0 saturated carbocycles. The van der Waals surface area contributed by atoms with Crippen LogP contribution in [0.3, 0.4) is 0 Å². The van der Waals surface area contributed by atoms with Gasteiger partial charge < -0.3 is 4.57 Å². The van der Waals surface area contributed by atoms with E-state index in [2.05, 4.69) is 10.4 Å². The fourth-order valence-electron chi connectivity index (χ4n) is 2.27. The van der Waals surface area contributed by atoms with Crippen molar-refractivity contribution in [3.63, 3.8) is 0 Å². The molecular formula is C14H13N5O4S. The van der Waals surface area contributed by atoms with Crippen molar-refractivity contribution in [1.29, 1.82) is 0 Å². The predicted octanol–water partition coefficient (Wildman–Crippen LogP) is 1.10. The maximum atomic E-state index is 12.1. The average Bonchev–Trinajstić information content (AvgIpc) is 3.18. The molecule has 1 saturated heterocycles. The number of amides is 2. The van der Waals surface area contributed by atoms with E-state index >= 15 is 0 Å². The molecule has 9 nitrogen and oxygen atoms in total. The first-order valence-electron chi connectivity index (χ1n) is 6.98. The Morgan fingerprint density at radius 2 is 2.17 bits per heavy atom. The summed E-state index contributed by atoms with van der Waals surface area (Å²) in [5.74, 6) is -0.342. The molecule has 2 amide bonds. The number of hydrazine groups is 1. The molecule has 0 radical (unpaired) electrons. The number of nitro benzene ring substituents is 1. The second-order valence-electron chi connectivity index (χ2n) is 5.05. The first kappa shape index (κ1) is 16.0. The van der Waals surface area contributed by atoms with Gasteiger partial charge in [0.2, 0.25) is 0 Å². The Balaban J connectivity index is 1.71. The monoisotopic (exact) mass is 347 g/mol. The lowest BCUT2D eigenvalue weighted by Gasteiger charge is -2.24. The summed E-state index contributed by atoms with van der Waals surface area (Å²) in [6, 6.07) is 5.93. The minimum Gasteiger partial charge on any atom is -0.328 e.